The number of alkyl halides is 17. The van der Waals surface area contributed by atoms with Crippen LogP contribution in [0.1, 0.15) is 5.56 Å². The number of rotatable bonds is 8. The minimum absolute atomic E-state index is 0. The van der Waals surface area contributed by atoms with Gasteiger partial charge in [0.05, 0.1) is 0 Å². The fourth-order valence-electron chi connectivity index (χ4n) is 2.08. The van der Waals surface area contributed by atoms with Crippen molar-refractivity contribution < 1.29 is 103 Å². The maximum atomic E-state index is 13.9. The van der Waals surface area contributed by atoms with Gasteiger partial charge in [0.15, 0.2) is 12.4 Å². The van der Waals surface area contributed by atoms with Gasteiger partial charge in [0.25, 0.3) is 0 Å². The summed E-state index contributed by atoms with van der Waals surface area (Å²) in [4.78, 5) is 0. The van der Waals surface area contributed by atoms with Gasteiger partial charge in [-0.05, 0) is 5.56 Å². The Hall–Kier alpha value is -1.57. The molecular weight excluding hydrogens is 644 g/mol. The highest BCUT2D eigenvalue weighted by Crippen LogP contribution is 2.63. The third-order valence-electron chi connectivity index (χ3n) is 4.12. The lowest BCUT2D eigenvalue weighted by atomic mass is 9.90. The van der Waals surface area contributed by atoms with Crippen LogP contribution >= 0.6 is 0 Å². The van der Waals surface area contributed by atoms with Crippen LogP contribution in [0.15, 0.2) is 31.1 Å². The molecule has 0 aliphatic rings. The van der Waals surface area contributed by atoms with Crippen LogP contribution in [0.2, 0.25) is 0 Å². The Morgan fingerprint density at radius 2 is 0.824 bits per heavy atom. The zero-order valence-corrected chi connectivity index (χ0v) is 17.5. The zero-order chi connectivity index (χ0) is 26.7. The van der Waals surface area contributed by atoms with E-state index >= 15 is 0 Å². The largest absolute Gasteiger partial charge is 1.00 e. The summed E-state index contributed by atoms with van der Waals surface area (Å²) in [7, 11) is 0. The second-order valence-electron chi connectivity index (χ2n) is 6.23. The van der Waals surface area contributed by atoms with E-state index in [1.54, 1.807) is 0 Å². The third kappa shape index (κ3) is 4.18. The average Bonchev–Trinajstić information content (AvgIpc) is 2.66. The lowest BCUT2D eigenvalue weighted by molar-refractivity contribution is -0.849. The van der Waals surface area contributed by atoms with E-state index in [-0.39, 0.29) is 41.9 Å². The summed E-state index contributed by atoms with van der Waals surface area (Å²) < 4.78 is 223. The first-order chi connectivity index (χ1) is 14.3. The summed E-state index contributed by atoms with van der Waals surface area (Å²) in [6.45, 7) is 3.07. The lowest BCUT2D eigenvalue weighted by Crippen LogP contribution is -3.00. The zero-order valence-electron chi connectivity index (χ0n) is 15.3. The normalized spacial score (nSPS) is 15.1. The maximum absolute atomic E-state index is 13.9. The Kier molecular flexibility index (Phi) is 8.42. The number of hydrogen-bond donors (Lipinski definition) is 0. The molecule has 0 radical (unpaired) electrons. The van der Waals surface area contributed by atoms with E-state index in [4.69, 9.17) is 0 Å². The van der Waals surface area contributed by atoms with Crippen molar-refractivity contribution in [1.82, 2.24) is 0 Å². The van der Waals surface area contributed by atoms with E-state index in [1.165, 1.54) is 0 Å². The van der Waals surface area contributed by atoms with Gasteiger partial charge in [-0.3, -0.25) is 0 Å². The van der Waals surface area contributed by atoms with Gasteiger partial charge in [0.2, 0.25) is 0 Å². The van der Waals surface area contributed by atoms with Gasteiger partial charge in [-0.25, -0.2) is 0 Å². The molecule has 34 heavy (non-hydrogen) atoms. The average molecular weight is 651 g/mol. The molecule has 0 amide bonds. The number of nitrogens with zero attached hydrogens (tertiary/aromatic N) is 1. The minimum Gasteiger partial charge on any atom is -1.00 e. The molecule has 1 aromatic heterocycles. The van der Waals surface area contributed by atoms with Crippen molar-refractivity contribution in [3.05, 3.63) is 36.7 Å². The first-order valence-electron chi connectivity index (χ1n) is 7.64. The second kappa shape index (κ2) is 8.82. The van der Waals surface area contributed by atoms with Crippen LogP contribution in [-0.4, -0.2) is 41.7 Å². The molecule has 0 aliphatic heterocycles. The standard InChI is InChI=1S/C15H7F17N.HI/c1-2-7-3-5-33(6-4-7)15(31,32)13(26,27)11(22,23)9(18,19)8(16,17)10(20,21)12(24,25)14(28,29)30;/h2-6H,1H2;1H/q+1;/p-1. The molecule has 0 aliphatic carbocycles. The van der Waals surface area contributed by atoms with E-state index < -0.39 is 52.3 Å². The SMILES string of the molecule is C=Cc1cc[n+](C(F)(F)C(F)(F)C(F)(F)C(F)(F)C(F)(F)C(F)(F)C(F)(F)C(F)(F)F)cc1.[I-]. The van der Waals surface area contributed by atoms with Crippen molar-refractivity contribution >= 4 is 6.08 Å². The number of halogens is 18. The van der Waals surface area contributed by atoms with Crippen molar-refractivity contribution in [3.8, 4) is 0 Å². The molecule has 0 bridgehead atoms. The van der Waals surface area contributed by atoms with E-state index in [9.17, 15) is 74.6 Å². The monoisotopic (exact) mass is 651 g/mol. The van der Waals surface area contributed by atoms with Gasteiger partial charge in [-0.2, -0.15) is 65.9 Å². The number of pyridine rings is 1. The molecule has 0 saturated carbocycles. The number of hydrogen-bond acceptors (Lipinski definition) is 0. The molecule has 0 aromatic carbocycles. The molecule has 19 heteroatoms. The van der Waals surface area contributed by atoms with Crippen molar-refractivity contribution in [2.75, 3.05) is 0 Å². The Bertz CT molecular complexity index is 872. The summed E-state index contributed by atoms with van der Waals surface area (Å²) in [5.74, 6) is -50.0. The van der Waals surface area contributed by atoms with E-state index in [0.29, 0.717) is 12.1 Å². The Labute approximate surface area is 194 Å². The predicted molar refractivity (Wildman–Crippen MR) is 72.7 cm³/mol. The highest BCUT2D eigenvalue weighted by atomic mass is 127. The van der Waals surface area contributed by atoms with E-state index in [0.717, 1.165) is 6.08 Å². The van der Waals surface area contributed by atoms with Crippen LogP contribution in [-0.2, 0) is 6.05 Å². The van der Waals surface area contributed by atoms with Crippen LogP contribution in [0.4, 0.5) is 74.6 Å². The molecule has 0 N–H and O–H groups in total. The summed E-state index contributed by atoms with van der Waals surface area (Å²) in [5.41, 5.74) is -0.164. The van der Waals surface area contributed by atoms with Crippen molar-refractivity contribution in [1.29, 1.82) is 0 Å². The van der Waals surface area contributed by atoms with E-state index in [2.05, 4.69) is 6.58 Å². The molecular formula is C15H7F17IN. The molecule has 0 fully saturated rings. The van der Waals surface area contributed by atoms with Crippen LogP contribution in [0.3, 0.4) is 0 Å². The summed E-state index contributed by atoms with van der Waals surface area (Å²) in [6, 6.07) is -5.78. The fraction of sp³-hybridized carbons (Fsp3) is 0.533. The maximum Gasteiger partial charge on any atom is 0.534 e. The van der Waals surface area contributed by atoms with Crippen LogP contribution in [0.25, 0.3) is 6.08 Å². The van der Waals surface area contributed by atoms with Gasteiger partial charge >= 0.3 is 47.8 Å². The van der Waals surface area contributed by atoms with Gasteiger partial charge in [-0.15, -0.1) is 13.3 Å². The Morgan fingerprint density at radius 3 is 1.12 bits per heavy atom. The molecule has 1 heterocycles. The fourth-order valence-corrected chi connectivity index (χ4v) is 2.08. The molecule has 0 atom stereocenters. The molecule has 1 nitrogen and oxygen atoms in total. The molecule has 198 valence electrons. The van der Waals surface area contributed by atoms with Crippen molar-refractivity contribution in [2.45, 2.75) is 47.8 Å². The predicted octanol–water partition coefficient (Wildman–Crippen LogP) is 3.54. The van der Waals surface area contributed by atoms with Crippen molar-refractivity contribution in [2.24, 2.45) is 0 Å². The van der Waals surface area contributed by atoms with E-state index in [1.807, 2.05) is 0 Å². The quantitative estimate of drug-likeness (QED) is 0.230. The second-order valence-corrected chi connectivity index (χ2v) is 6.23. The first-order valence-corrected chi connectivity index (χ1v) is 7.64. The van der Waals surface area contributed by atoms with Gasteiger partial charge in [0.1, 0.15) is 0 Å². The lowest BCUT2D eigenvalue weighted by Gasteiger charge is -2.41. The first kappa shape index (κ1) is 32.4. The van der Waals surface area contributed by atoms with Crippen LogP contribution < -0.4 is 28.5 Å². The molecule has 0 unspecified atom stereocenters. The third-order valence-corrected chi connectivity index (χ3v) is 4.12. The highest BCUT2D eigenvalue weighted by molar-refractivity contribution is 5.44. The van der Waals surface area contributed by atoms with Crippen LogP contribution in [0.5, 0.6) is 0 Å². The van der Waals surface area contributed by atoms with Gasteiger partial charge in [-0.1, -0.05) is 12.7 Å². The Morgan fingerprint density at radius 1 is 0.529 bits per heavy atom. The highest BCUT2D eigenvalue weighted by Gasteiger charge is 2.96. The summed E-state index contributed by atoms with van der Waals surface area (Å²) in [6.07, 6.45) is -7.29. The topological polar surface area (TPSA) is 3.88 Å². The summed E-state index contributed by atoms with van der Waals surface area (Å²) >= 11 is 0. The molecule has 0 saturated heterocycles. The Balaban J connectivity index is 0.0000109. The number of aromatic nitrogens is 1. The smallest absolute Gasteiger partial charge is 0.534 e. The van der Waals surface area contributed by atoms with Gasteiger partial charge in [0, 0.05) is 12.1 Å². The minimum atomic E-state index is -8.64. The van der Waals surface area contributed by atoms with Crippen LogP contribution in [0, 0.1) is 0 Å². The van der Waals surface area contributed by atoms with Gasteiger partial charge < -0.3 is 24.0 Å². The molecule has 1 rings (SSSR count). The summed E-state index contributed by atoms with van der Waals surface area (Å²) in [5, 5.41) is 0. The molecule has 0 spiro atoms. The molecule has 1 aromatic rings. The van der Waals surface area contributed by atoms with Crippen molar-refractivity contribution in [3.63, 3.8) is 0 Å².